The maximum absolute atomic E-state index is 3.41. The van der Waals surface area contributed by atoms with Gasteiger partial charge in [-0.3, -0.25) is 4.90 Å². The van der Waals surface area contributed by atoms with Crippen LogP contribution in [0, 0.1) is 12.8 Å². The normalized spacial score (nSPS) is 13.2. The van der Waals surface area contributed by atoms with Crippen molar-refractivity contribution in [3.63, 3.8) is 0 Å². The highest BCUT2D eigenvalue weighted by Crippen LogP contribution is 2.23. The molecule has 0 aliphatic heterocycles. The molecule has 1 N–H and O–H groups in total. The minimum Gasteiger partial charge on any atom is -0.312 e. The van der Waals surface area contributed by atoms with Crippen molar-refractivity contribution in [3.05, 3.63) is 21.4 Å². The molecular weight excluding hydrogens is 252 g/mol. The molecule has 1 aromatic rings. The second-order valence-electron chi connectivity index (χ2n) is 5.42. The van der Waals surface area contributed by atoms with Crippen LogP contribution in [0.1, 0.15) is 49.4 Å². The van der Waals surface area contributed by atoms with Crippen LogP contribution in [0.4, 0.5) is 0 Å². The van der Waals surface area contributed by atoms with Crippen molar-refractivity contribution in [2.75, 3.05) is 19.6 Å². The average molecular weight is 282 g/mol. The molecule has 0 radical (unpaired) electrons. The summed E-state index contributed by atoms with van der Waals surface area (Å²) >= 11 is 1.94. The zero-order valence-corrected chi connectivity index (χ0v) is 14.1. The van der Waals surface area contributed by atoms with E-state index in [1.54, 1.807) is 0 Å². The number of hydrogen-bond donors (Lipinski definition) is 1. The molecule has 0 bridgehead atoms. The van der Waals surface area contributed by atoms with Crippen molar-refractivity contribution in [2.24, 2.45) is 5.92 Å². The molecule has 3 heteroatoms. The molecular formula is C16H30N2S. The molecule has 0 saturated heterocycles. The van der Waals surface area contributed by atoms with Crippen molar-refractivity contribution in [3.8, 4) is 0 Å². The van der Waals surface area contributed by atoms with Crippen LogP contribution in [-0.2, 0) is 13.1 Å². The summed E-state index contributed by atoms with van der Waals surface area (Å²) in [5, 5.41) is 3.41. The van der Waals surface area contributed by atoms with Gasteiger partial charge < -0.3 is 5.32 Å². The summed E-state index contributed by atoms with van der Waals surface area (Å²) in [5.74, 6) is 0.792. The average Bonchev–Trinajstić information content (AvgIpc) is 2.75. The van der Waals surface area contributed by atoms with E-state index in [9.17, 15) is 0 Å². The topological polar surface area (TPSA) is 15.3 Å². The Labute approximate surface area is 123 Å². The second-order valence-corrected chi connectivity index (χ2v) is 6.76. The largest absolute Gasteiger partial charge is 0.312 e. The summed E-state index contributed by atoms with van der Waals surface area (Å²) in [6, 6.07) is 2.39. The van der Waals surface area contributed by atoms with E-state index in [2.05, 4.69) is 50.9 Å². The summed E-state index contributed by atoms with van der Waals surface area (Å²) < 4.78 is 0. The molecule has 1 heterocycles. The summed E-state index contributed by atoms with van der Waals surface area (Å²) in [5.41, 5.74) is 1.52. The Morgan fingerprint density at radius 2 is 2.05 bits per heavy atom. The van der Waals surface area contributed by atoms with Gasteiger partial charge in [-0.2, -0.15) is 0 Å². The van der Waals surface area contributed by atoms with E-state index in [0.717, 1.165) is 32.1 Å². The number of aryl methyl sites for hydroxylation is 1. The molecule has 1 atom stereocenters. The van der Waals surface area contributed by atoms with Gasteiger partial charge in [0.05, 0.1) is 0 Å². The SMILES string of the molecule is CCNCc1cc(CN(CC)CC(C)CC)c(C)s1. The van der Waals surface area contributed by atoms with Gasteiger partial charge in [0.15, 0.2) is 0 Å². The first kappa shape index (κ1) is 16.7. The summed E-state index contributed by atoms with van der Waals surface area (Å²) in [6.07, 6.45) is 1.27. The second kappa shape index (κ2) is 8.72. The monoisotopic (exact) mass is 282 g/mol. The smallest absolute Gasteiger partial charge is 0.0299 e. The Balaban J connectivity index is 2.60. The highest BCUT2D eigenvalue weighted by atomic mass is 32.1. The molecule has 0 saturated carbocycles. The first-order valence-electron chi connectivity index (χ1n) is 7.61. The third kappa shape index (κ3) is 5.64. The van der Waals surface area contributed by atoms with Crippen LogP contribution in [-0.4, -0.2) is 24.5 Å². The molecule has 1 unspecified atom stereocenters. The van der Waals surface area contributed by atoms with Gasteiger partial charge in [0, 0.05) is 29.4 Å². The number of hydrogen-bond acceptors (Lipinski definition) is 3. The van der Waals surface area contributed by atoms with E-state index in [0.29, 0.717) is 0 Å². The number of thiophene rings is 1. The highest BCUT2D eigenvalue weighted by molar-refractivity contribution is 7.12. The quantitative estimate of drug-likeness (QED) is 0.735. The van der Waals surface area contributed by atoms with Crippen molar-refractivity contribution in [1.29, 1.82) is 0 Å². The van der Waals surface area contributed by atoms with E-state index in [4.69, 9.17) is 0 Å². The number of nitrogens with one attached hydrogen (secondary N) is 1. The Morgan fingerprint density at radius 1 is 1.32 bits per heavy atom. The molecule has 1 aromatic heterocycles. The molecule has 0 aliphatic rings. The van der Waals surface area contributed by atoms with E-state index in [1.807, 2.05) is 11.3 Å². The van der Waals surface area contributed by atoms with Gasteiger partial charge in [-0.1, -0.05) is 34.1 Å². The van der Waals surface area contributed by atoms with Gasteiger partial charge in [-0.15, -0.1) is 11.3 Å². The van der Waals surface area contributed by atoms with Crippen LogP contribution >= 0.6 is 11.3 Å². The molecule has 19 heavy (non-hydrogen) atoms. The molecule has 0 aromatic carbocycles. The lowest BCUT2D eigenvalue weighted by molar-refractivity contribution is 0.238. The fraction of sp³-hybridized carbons (Fsp3) is 0.750. The fourth-order valence-electron chi connectivity index (χ4n) is 2.20. The molecule has 0 fully saturated rings. The number of nitrogens with zero attached hydrogens (tertiary/aromatic N) is 1. The summed E-state index contributed by atoms with van der Waals surface area (Å²) in [6.45, 7) is 16.8. The van der Waals surface area contributed by atoms with E-state index in [-0.39, 0.29) is 0 Å². The zero-order valence-electron chi connectivity index (χ0n) is 13.3. The fourth-order valence-corrected chi connectivity index (χ4v) is 3.22. The lowest BCUT2D eigenvalue weighted by Gasteiger charge is -2.23. The molecule has 0 amide bonds. The lowest BCUT2D eigenvalue weighted by Crippen LogP contribution is -2.27. The first-order valence-corrected chi connectivity index (χ1v) is 8.43. The summed E-state index contributed by atoms with van der Waals surface area (Å²) in [4.78, 5) is 5.52. The maximum atomic E-state index is 3.41. The van der Waals surface area contributed by atoms with Crippen LogP contribution in [0.3, 0.4) is 0 Å². The zero-order chi connectivity index (χ0) is 14.3. The third-order valence-electron chi connectivity index (χ3n) is 3.73. The standard InChI is InChI=1S/C16H30N2S/c1-6-13(4)11-18(8-3)12-15-9-16(10-17-7-2)19-14(15)5/h9,13,17H,6-8,10-12H2,1-5H3. The maximum Gasteiger partial charge on any atom is 0.0299 e. The van der Waals surface area contributed by atoms with Gasteiger partial charge in [0.2, 0.25) is 0 Å². The Morgan fingerprint density at radius 3 is 2.63 bits per heavy atom. The van der Waals surface area contributed by atoms with Crippen LogP contribution in [0.15, 0.2) is 6.07 Å². The van der Waals surface area contributed by atoms with Gasteiger partial charge in [-0.25, -0.2) is 0 Å². The predicted molar refractivity (Wildman–Crippen MR) is 86.8 cm³/mol. The van der Waals surface area contributed by atoms with Crippen LogP contribution in [0.2, 0.25) is 0 Å². The van der Waals surface area contributed by atoms with E-state index >= 15 is 0 Å². The van der Waals surface area contributed by atoms with Crippen molar-refractivity contribution < 1.29 is 0 Å². The Hall–Kier alpha value is -0.380. The first-order chi connectivity index (χ1) is 9.10. The lowest BCUT2D eigenvalue weighted by atomic mass is 10.1. The number of rotatable bonds is 9. The summed E-state index contributed by atoms with van der Waals surface area (Å²) in [7, 11) is 0. The minimum absolute atomic E-state index is 0.792. The molecule has 0 aliphatic carbocycles. The van der Waals surface area contributed by atoms with Crippen molar-refractivity contribution in [2.45, 2.75) is 54.1 Å². The predicted octanol–water partition coefficient (Wildman–Crippen LogP) is 4.03. The van der Waals surface area contributed by atoms with E-state index < -0.39 is 0 Å². The highest BCUT2D eigenvalue weighted by Gasteiger charge is 2.11. The molecule has 0 spiro atoms. The molecule has 110 valence electrons. The van der Waals surface area contributed by atoms with Gasteiger partial charge in [0.25, 0.3) is 0 Å². The van der Waals surface area contributed by atoms with Gasteiger partial charge >= 0.3 is 0 Å². The third-order valence-corrected chi connectivity index (χ3v) is 4.82. The molecule has 1 rings (SSSR count). The van der Waals surface area contributed by atoms with Crippen molar-refractivity contribution >= 4 is 11.3 Å². The van der Waals surface area contributed by atoms with Crippen molar-refractivity contribution in [1.82, 2.24) is 10.2 Å². The van der Waals surface area contributed by atoms with Gasteiger partial charge in [-0.05, 0) is 37.6 Å². The van der Waals surface area contributed by atoms with E-state index in [1.165, 1.54) is 28.3 Å². The Bertz CT molecular complexity index is 360. The van der Waals surface area contributed by atoms with Crippen LogP contribution in [0.5, 0.6) is 0 Å². The minimum atomic E-state index is 0.792. The Kier molecular flexibility index (Phi) is 7.66. The molecule has 2 nitrogen and oxygen atoms in total. The van der Waals surface area contributed by atoms with Gasteiger partial charge in [0.1, 0.15) is 0 Å². The van der Waals surface area contributed by atoms with Crippen LogP contribution < -0.4 is 5.32 Å². The van der Waals surface area contributed by atoms with Crippen LogP contribution in [0.25, 0.3) is 0 Å².